The summed E-state index contributed by atoms with van der Waals surface area (Å²) < 4.78 is 0.821. The van der Waals surface area contributed by atoms with Crippen molar-refractivity contribution in [3.8, 4) is 0 Å². The van der Waals surface area contributed by atoms with Crippen molar-refractivity contribution in [3.63, 3.8) is 0 Å². The number of carbonyl (C=O) groups excluding carboxylic acids is 1. The largest absolute Gasteiger partial charge is 0.355 e. The molecule has 0 bridgehead atoms. The highest BCUT2D eigenvalue weighted by Gasteiger charge is 2.17. The van der Waals surface area contributed by atoms with E-state index < -0.39 is 0 Å². The molecular formula is C14H19N3OS2. The summed E-state index contributed by atoms with van der Waals surface area (Å²) in [6, 6.07) is 9.48. The number of thioether (sulfide) groups is 1. The SMILES string of the molecule is CN1CCN(C(=S)SCC(=O)Nc2ccccc2)CC1. The first kappa shape index (κ1) is 15.3. The van der Waals surface area contributed by atoms with Gasteiger partial charge in [0.15, 0.2) is 0 Å². The summed E-state index contributed by atoms with van der Waals surface area (Å²) in [4.78, 5) is 16.3. The van der Waals surface area contributed by atoms with E-state index in [1.807, 2.05) is 30.3 Å². The number of hydrogen-bond acceptors (Lipinski definition) is 4. The fourth-order valence-corrected chi connectivity index (χ4v) is 2.98. The molecule has 2 rings (SSSR count). The maximum Gasteiger partial charge on any atom is 0.234 e. The van der Waals surface area contributed by atoms with Crippen LogP contribution < -0.4 is 5.32 Å². The number of rotatable bonds is 3. The molecule has 20 heavy (non-hydrogen) atoms. The molecule has 0 spiro atoms. The minimum absolute atomic E-state index is 0.0160. The van der Waals surface area contributed by atoms with Gasteiger partial charge >= 0.3 is 0 Å². The Labute approximate surface area is 129 Å². The van der Waals surface area contributed by atoms with Crippen LogP contribution in [0.25, 0.3) is 0 Å². The third-order valence-corrected chi connectivity index (χ3v) is 4.67. The van der Waals surface area contributed by atoms with Gasteiger partial charge in [0.25, 0.3) is 0 Å². The molecule has 1 fully saturated rings. The summed E-state index contributed by atoms with van der Waals surface area (Å²) in [5.41, 5.74) is 0.823. The van der Waals surface area contributed by atoms with E-state index in [0.717, 1.165) is 36.2 Å². The zero-order valence-corrected chi connectivity index (χ0v) is 13.2. The lowest BCUT2D eigenvalue weighted by atomic mass is 10.3. The minimum atomic E-state index is -0.0160. The van der Waals surface area contributed by atoms with Crippen LogP contribution in [0.1, 0.15) is 0 Å². The molecule has 1 N–H and O–H groups in total. The van der Waals surface area contributed by atoms with Gasteiger partial charge in [-0.1, -0.05) is 42.2 Å². The fourth-order valence-electron chi connectivity index (χ4n) is 1.93. The molecule has 1 aromatic carbocycles. The Morgan fingerprint density at radius 2 is 1.90 bits per heavy atom. The van der Waals surface area contributed by atoms with Crippen LogP contribution in [0, 0.1) is 0 Å². The Kier molecular flexibility index (Phi) is 5.82. The number of piperazine rings is 1. The molecule has 1 heterocycles. The van der Waals surface area contributed by atoms with E-state index in [-0.39, 0.29) is 5.91 Å². The van der Waals surface area contributed by atoms with Crippen molar-refractivity contribution in [2.24, 2.45) is 0 Å². The first-order chi connectivity index (χ1) is 9.65. The number of amides is 1. The Hall–Kier alpha value is -1.11. The van der Waals surface area contributed by atoms with E-state index in [2.05, 4.69) is 22.2 Å². The standard InChI is InChI=1S/C14H19N3OS2/c1-16-7-9-17(10-8-16)14(19)20-11-13(18)15-12-5-3-2-4-6-12/h2-6H,7-11H2,1H3,(H,15,18). The molecule has 0 saturated carbocycles. The molecule has 1 aliphatic heterocycles. The molecule has 0 radical (unpaired) electrons. The first-order valence-electron chi connectivity index (χ1n) is 6.60. The van der Waals surface area contributed by atoms with E-state index in [9.17, 15) is 4.79 Å². The lowest BCUT2D eigenvalue weighted by Gasteiger charge is -2.33. The summed E-state index contributed by atoms with van der Waals surface area (Å²) in [7, 11) is 2.11. The van der Waals surface area contributed by atoms with Crippen molar-refractivity contribution >= 4 is 39.9 Å². The third kappa shape index (κ3) is 4.77. The summed E-state index contributed by atoms with van der Waals surface area (Å²) in [6.45, 7) is 3.94. The molecular weight excluding hydrogens is 290 g/mol. The van der Waals surface area contributed by atoms with Crippen molar-refractivity contribution in [2.75, 3.05) is 44.3 Å². The number of likely N-dealkylation sites (N-methyl/N-ethyl adjacent to an activating group) is 1. The van der Waals surface area contributed by atoms with Gasteiger partial charge in [-0.05, 0) is 19.2 Å². The van der Waals surface area contributed by atoms with Crippen molar-refractivity contribution in [1.29, 1.82) is 0 Å². The average Bonchev–Trinajstić information content (AvgIpc) is 2.46. The number of carbonyl (C=O) groups is 1. The molecule has 1 amide bonds. The Bertz CT molecular complexity index is 459. The number of hydrogen-bond donors (Lipinski definition) is 1. The highest BCUT2D eigenvalue weighted by molar-refractivity contribution is 8.23. The summed E-state index contributed by atoms with van der Waals surface area (Å²) in [6.07, 6.45) is 0. The second-order valence-corrected chi connectivity index (χ2v) is 6.37. The number of benzene rings is 1. The van der Waals surface area contributed by atoms with Crippen LogP contribution >= 0.6 is 24.0 Å². The van der Waals surface area contributed by atoms with Gasteiger partial charge in [0.1, 0.15) is 4.32 Å². The lowest BCUT2D eigenvalue weighted by molar-refractivity contribution is -0.113. The van der Waals surface area contributed by atoms with E-state index in [4.69, 9.17) is 12.2 Å². The zero-order chi connectivity index (χ0) is 14.4. The number of thiocarbonyl (C=S) groups is 1. The number of nitrogens with zero attached hydrogens (tertiary/aromatic N) is 2. The van der Waals surface area contributed by atoms with Crippen LogP contribution in [-0.4, -0.2) is 59.0 Å². The fraction of sp³-hybridized carbons (Fsp3) is 0.429. The predicted octanol–water partition coefficient (Wildman–Crippen LogP) is 1.89. The first-order valence-corrected chi connectivity index (χ1v) is 7.99. The van der Waals surface area contributed by atoms with Crippen LogP contribution in [0.2, 0.25) is 0 Å². The van der Waals surface area contributed by atoms with Crippen molar-refractivity contribution < 1.29 is 4.79 Å². The van der Waals surface area contributed by atoms with Crippen molar-refractivity contribution in [3.05, 3.63) is 30.3 Å². The van der Waals surface area contributed by atoms with E-state index >= 15 is 0 Å². The maximum atomic E-state index is 11.8. The van der Waals surface area contributed by atoms with Crippen LogP contribution in [0.5, 0.6) is 0 Å². The van der Waals surface area contributed by atoms with Gasteiger partial charge in [0, 0.05) is 31.9 Å². The number of nitrogens with one attached hydrogen (secondary N) is 1. The molecule has 0 aromatic heterocycles. The molecule has 1 aromatic rings. The minimum Gasteiger partial charge on any atom is -0.355 e. The zero-order valence-electron chi connectivity index (χ0n) is 11.5. The van der Waals surface area contributed by atoms with Gasteiger partial charge in [-0.15, -0.1) is 0 Å². The Morgan fingerprint density at radius 3 is 2.55 bits per heavy atom. The van der Waals surface area contributed by atoms with Crippen LogP contribution in [0.3, 0.4) is 0 Å². The Morgan fingerprint density at radius 1 is 1.25 bits per heavy atom. The molecule has 1 aliphatic rings. The highest BCUT2D eigenvalue weighted by Crippen LogP contribution is 2.13. The van der Waals surface area contributed by atoms with E-state index in [1.165, 1.54) is 11.8 Å². The smallest absolute Gasteiger partial charge is 0.234 e. The summed E-state index contributed by atoms with van der Waals surface area (Å²) >= 11 is 6.82. The Balaban J connectivity index is 1.72. The highest BCUT2D eigenvalue weighted by atomic mass is 32.2. The normalized spacial score (nSPS) is 15.9. The van der Waals surface area contributed by atoms with Crippen molar-refractivity contribution in [1.82, 2.24) is 9.80 Å². The van der Waals surface area contributed by atoms with Gasteiger partial charge in [-0.25, -0.2) is 0 Å². The van der Waals surface area contributed by atoms with Gasteiger partial charge in [0.05, 0.1) is 5.75 Å². The molecule has 0 unspecified atom stereocenters. The van der Waals surface area contributed by atoms with E-state index in [1.54, 1.807) is 0 Å². The van der Waals surface area contributed by atoms with Crippen LogP contribution in [-0.2, 0) is 4.79 Å². The quantitative estimate of drug-likeness (QED) is 0.863. The topological polar surface area (TPSA) is 35.6 Å². The predicted molar refractivity (Wildman–Crippen MR) is 89.2 cm³/mol. The third-order valence-electron chi connectivity index (χ3n) is 3.15. The van der Waals surface area contributed by atoms with Crippen molar-refractivity contribution in [2.45, 2.75) is 0 Å². The van der Waals surface area contributed by atoms with Gasteiger partial charge in [0.2, 0.25) is 5.91 Å². The summed E-state index contributed by atoms with van der Waals surface area (Å²) in [5, 5.41) is 2.86. The molecule has 6 heteroatoms. The second-order valence-electron chi connectivity index (χ2n) is 4.76. The average molecular weight is 309 g/mol. The van der Waals surface area contributed by atoms with Gasteiger partial charge < -0.3 is 15.1 Å². The molecule has 0 atom stereocenters. The lowest BCUT2D eigenvalue weighted by Crippen LogP contribution is -2.46. The molecule has 0 aliphatic carbocycles. The van der Waals surface area contributed by atoms with Crippen LogP contribution in [0.4, 0.5) is 5.69 Å². The number of anilines is 1. The second kappa shape index (κ2) is 7.61. The monoisotopic (exact) mass is 309 g/mol. The van der Waals surface area contributed by atoms with Gasteiger partial charge in [-0.3, -0.25) is 4.79 Å². The molecule has 4 nitrogen and oxygen atoms in total. The molecule has 1 saturated heterocycles. The maximum absolute atomic E-state index is 11.8. The van der Waals surface area contributed by atoms with Crippen LogP contribution in [0.15, 0.2) is 30.3 Å². The van der Waals surface area contributed by atoms with Gasteiger partial charge in [-0.2, -0.15) is 0 Å². The number of para-hydroxylation sites is 1. The summed E-state index contributed by atoms with van der Waals surface area (Å²) in [5.74, 6) is 0.345. The molecule has 108 valence electrons. The van der Waals surface area contributed by atoms with E-state index in [0.29, 0.717) is 5.75 Å².